The number of carbonyl (C=O) groups is 1. The molecule has 6 heteroatoms. The average Bonchev–Trinajstić information content (AvgIpc) is 2.91. The van der Waals surface area contributed by atoms with Crippen molar-refractivity contribution in [2.45, 2.75) is 6.54 Å². The van der Waals surface area contributed by atoms with Gasteiger partial charge >= 0.3 is 0 Å². The normalized spacial score (nSPS) is 11.4. The first-order valence-electron chi connectivity index (χ1n) is 7.15. The lowest BCUT2D eigenvalue weighted by Crippen LogP contribution is -2.19. The Kier molecular flexibility index (Phi) is 4.73. The molecular formula is C18H13FN2O2S. The van der Waals surface area contributed by atoms with Crippen LogP contribution in [-0.4, -0.2) is 17.1 Å². The van der Waals surface area contributed by atoms with Gasteiger partial charge in [0.2, 0.25) is 0 Å². The fraction of sp³-hybridized carbons (Fsp3) is 0.111. The third kappa shape index (κ3) is 3.53. The molecule has 1 heterocycles. The summed E-state index contributed by atoms with van der Waals surface area (Å²) in [6, 6.07) is 13.4. The summed E-state index contributed by atoms with van der Waals surface area (Å²) in [5.74, 6) is 2.34. The van der Waals surface area contributed by atoms with Crippen LogP contribution >= 0.6 is 11.3 Å². The van der Waals surface area contributed by atoms with Crippen LogP contribution < -0.4 is 9.54 Å². The Balaban J connectivity index is 1.89. The van der Waals surface area contributed by atoms with Gasteiger partial charge in [-0.1, -0.05) is 35.5 Å². The number of benzene rings is 2. The fourth-order valence-corrected chi connectivity index (χ4v) is 3.25. The van der Waals surface area contributed by atoms with Crippen LogP contribution in [0.2, 0.25) is 0 Å². The summed E-state index contributed by atoms with van der Waals surface area (Å²) in [6.07, 6.45) is 5.38. The summed E-state index contributed by atoms with van der Waals surface area (Å²) in [7, 11) is 0. The quantitative estimate of drug-likeness (QED) is 0.685. The molecule has 3 aromatic rings. The molecular weight excluding hydrogens is 327 g/mol. The third-order valence-corrected chi connectivity index (χ3v) is 4.26. The number of para-hydroxylation sites is 1. The van der Waals surface area contributed by atoms with Crippen LogP contribution in [0.15, 0.2) is 53.5 Å². The van der Waals surface area contributed by atoms with Gasteiger partial charge in [-0.15, -0.1) is 6.42 Å². The zero-order valence-corrected chi connectivity index (χ0v) is 13.4. The Morgan fingerprint density at radius 2 is 2.08 bits per heavy atom. The zero-order valence-electron chi connectivity index (χ0n) is 12.6. The van der Waals surface area contributed by atoms with Crippen molar-refractivity contribution in [2.75, 3.05) is 6.61 Å². The number of nitrogens with zero attached hydrogens (tertiary/aromatic N) is 2. The molecule has 0 saturated carbocycles. The lowest BCUT2D eigenvalue weighted by atomic mass is 10.3. The molecule has 0 aliphatic heterocycles. The van der Waals surface area contributed by atoms with Crippen LogP contribution in [0, 0.1) is 18.2 Å². The number of ether oxygens (including phenoxy) is 1. The van der Waals surface area contributed by atoms with Crippen LogP contribution in [0.1, 0.15) is 0 Å². The number of terminal acetylenes is 1. The lowest BCUT2D eigenvalue weighted by molar-refractivity contribution is -0.120. The van der Waals surface area contributed by atoms with Crippen LogP contribution in [0.4, 0.5) is 4.39 Å². The minimum Gasteiger partial charge on any atom is -0.484 e. The molecule has 0 aliphatic carbocycles. The van der Waals surface area contributed by atoms with Crippen molar-refractivity contribution in [1.29, 1.82) is 0 Å². The second-order valence-corrected chi connectivity index (χ2v) is 5.90. The summed E-state index contributed by atoms with van der Waals surface area (Å²) in [5.41, 5.74) is 0.745. The van der Waals surface area contributed by atoms with E-state index >= 15 is 0 Å². The smallest absolute Gasteiger partial charge is 0.286 e. The largest absolute Gasteiger partial charge is 0.484 e. The Bertz CT molecular complexity index is 984. The second kappa shape index (κ2) is 7.11. The van der Waals surface area contributed by atoms with E-state index in [0.29, 0.717) is 15.3 Å². The first kappa shape index (κ1) is 16.0. The predicted octanol–water partition coefficient (Wildman–Crippen LogP) is 2.98. The van der Waals surface area contributed by atoms with E-state index in [1.165, 1.54) is 23.5 Å². The highest BCUT2D eigenvalue weighted by Gasteiger charge is 2.08. The molecule has 0 aliphatic rings. The topological polar surface area (TPSA) is 43.6 Å². The average molecular weight is 340 g/mol. The van der Waals surface area contributed by atoms with Crippen molar-refractivity contribution >= 4 is 27.5 Å². The number of halogens is 1. The molecule has 4 nitrogen and oxygen atoms in total. The van der Waals surface area contributed by atoms with Gasteiger partial charge in [0.25, 0.3) is 5.91 Å². The summed E-state index contributed by atoms with van der Waals surface area (Å²) < 4.78 is 21.1. The van der Waals surface area contributed by atoms with Gasteiger partial charge in [0.1, 0.15) is 11.6 Å². The number of rotatable bonds is 4. The maximum Gasteiger partial charge on any atom is 0.286 e. The van der Waals surface area contributed by atoms with Gasteiger partial charge in [-0.05, 0) is 30.3 Å². The fourth-order valence-electron chi connectivity index (χ4n) is 2.18. The Hall–Kier alpha value is -2.91. The van der Waals surface area contributed by atoms with Crippen molar-refractivity contribution in [3.05, 3.63) is 59.1 Å². The van der Waals surface area contributed by atoms with Crippen LogP contribution in [0.3, 0.4) is 0 Å². The highest BCUT2D eigenvalue weighted by molar-refractivity contribution is 7.16. The minimum atomic E-state index is -0.434. The van der Waals surface area contributed by atoms with E-state index in [1.54, 1.807) is 22.8 Å². The third-order valence-electron chi connectivity index (χ3n) is 3.22. The molecule has 0 unspecified atom stereocenters. The summed E-state index contributed by atoms with van der Waals surface area (Å²) >= 11 is 1.21. The van der Waals surface area contributed by atoms with Gasteiger partial charge in [0, 0.05) is 0 Å². The molecule has 0 spiro atoms. The number of thiazole rings is 1. The van der Waals surface area contributed by atoms with E-state index in [0.717, 1.165) is 5.52 Å². The summed E-state index contributed by atoms with van der Waals surface area (Å²) in [5, 5.41) is 0. The molecule has 0 fully saturated rings. The van der Waals surface area contributed by atoms with E-state index in [1.807, 2.05) is 18.2 Å². The number of aromatic nitrogens is 1. The Morgan fingerprint density at radius 3 is 2.83 bits per heavy atom. The molecule has 0 saturated heterocycles. The van der Waals surface area contributed by atoms with Crippen LogP contribution in [-0.2, 0) is 11.3 Å². The van der Waals surface area contributed by atoms with Crippen LogP contribution in [0.5, 0.6) is 5.75 Å². The molecule has 120 valence electrons. The van der Waals surface area contributed by atoms with E-state index in [9.17, 15) is 9.18 Å². The van der Waals surface area contributed by atoms with Gasteiger partial charge < -0.3 is 9.30 Å². The number of hydrogen-bond donors (Lipinski definition) is 0. The van der Waals surface area contributed by atoms with E-state index in [2.05, 4.69) is 10.9 Å². The number of hydrogen-bond acceptors (Lipinski definition) is 3. The molecule has 3 rings (SSSR count). The summed E-state index contributed by atoms with van der Waals surface area (Å²) in [4.78, 5) is 16.5. The molecule has 0 radical (unpaired) electrons. The highest BCUT2D eigenvalue weighted by atomic mass is 32.1. The van der Waals surface area contributed by atoms with Gasteiger partial charge in [0.15, 0.2) is 11.4 Å². The first-order valence-corrected chi connectivity index (χ1v) is 7.97. The van der Waals surface area contributed by atoms with Crippen LogP contribution in [0.25, 0.3) is 10.2 Å². The van der Waals surface area contributed by atoms with Crippen molar-refractivity contribution in [2.24, 2.45) is 4.99 Å². The summed E-state index contributed by atoms with van der Waals surface area (Å²) in [6.45, 7) is 0.0694. The van der Waals surface area contributed by atoms with E-state index in [4.69, 9.17) is 11.2 Å². The number of amides is 1. The van der Waals surface area contributed by atoms with Gasteiger partial charge in [0.05, 0.1) is 16.8 Å². The highest BCUT2D eigenvalue weighted by Crippen LogP contribution is 2.18. The van der Waals surface area contributed by atoms with Gasteiger partial charge in [-0.2, -0.15) is 4.99 Å². The molecule has 0 bridgehead atoms. The standard InChI is InChI=1S/C18H13FN2O2S/c1-2-10-21-15-9-8-13(19)11-16(15)24-18(21)20-17(22)12-23-14-6-4-3-5-7-14/h1,3-9,11H,10,12H2. The van der Waals surface area contributed by atoms with Crippen molar-refractivity contribution in [1.82, 2.24) is 4.57 Å². The zero-order chi connectivity index (χ0) is 16.9. The van der Waals surface area contributed by atoms with Crippen molar-refractivity contribution < 1.29 is 13.9 Å². The minimum absolute atomic E-state index is 0.178. The molecule has 2 aromatic carbocycles. The van der Waals surface area contributed by atoms with E-state index in [-0.39, 0.29) is 19.0 Å². The molecule has 0 N–H and O–H groups in total. The molecule has 1 amide bonds. The lowest BCUT2D eigenvalue weighted by Gasteiger charge is -2.02. The maximum atomic E-state index is 13.4. The number of fused-ring (bicyclic) bond motifs is 1. The van der Waals surface area contributed by atoms with Gasteiger partial charge in [-0.3, -0.25) is 4.79 Å². The molecule has 0 atom stereocenters. The SMILES string of the molecule is C#CCn1c(=NC(=O)COc2ccccc2)sc2cc(F)ccc21. The Morgan fingerprint density at radius 1 is 1.29 bits per heavy atom. The van der Waals surface area contributed by atoms with Crippen molar-refractivity contribution in [3.63, 3.8) is 0 Å². The monoisotopic (exact) mass is 340 g/mol. The molecule has 24 heavy (non-hydrogen) atoms. The first-order chi connectivity index (χ1) is 11.7. The van der Waals surface area contributed by atoms with Gasteiger partial charge in [-0.25, -0.2) is 4.39 Å². The Labute approximate surface area is 141 Å². The maximum absolute atomic E-state index is 13.4. The predicted molar refractivity (Wildman–Crippen MR) is 91.1 cm³/mol. The van der Waals surface area contributed by atoms with Crippen molar-refractivity contribution in [3.8, 4) is 18.1 Å². The van der Waals surface area contributed by atoms with E-state index < -0.39 is 5.91 Å². The molecule has 1 aromatic heterocycles. The number of carbonyl (C=O) groups excluding carboxylic acids is 1. The second-order valence-electron chi connectivity index (χ2n) is 4.89.